The van der Waals surface area contributed by atoms with Crippen LogP contribution in [0.15, 0.2) is 78.9 Å². The highest BCUT2D eigenvalue weighted by Crippen LogP contribution is 2.41. The first-order chi connectivity index (χ1) is 39.4. The molecule has 0 spiro atoms. The molecule has 4 amide bonds. The number of amides is 4. The standard InChI is InChI=1S/C61H69N5O16/c1-9-75-48(67)30-79-54-36-16-13-17-37(54)23-41-27-45-29-43(57(41)82-33-51(70)78-12-4)25-39-19-14-18-38(55(39)80-31-49(68)76-10-2)24-42-28-44(26-40(22-36)56(42)81-32-50(69)77-11-3)62-60(73)52(34(5)6)65-58(71)46-20-15-21-47(64-46)59(72)66-53(35(7)8)61(74)63-45/h13-21,26-29,34-35,52-53H,9-12,22-25,30-33H2,1-8H3,(H,62,73)(H,63,74)(H,65,71)(H,66,72). The van der Waals surface area contributed by atoms with Gasteiger partial charge in [-0.2, -0.15) is 0 Å². The normalized spacial score (nSPS) is 15.2. The van der Waals surface area contributed by atoms with Crippen molar-refractivity contribution < 1.29 is 76.3 Å². The monoisotopic (exact) mass is 1130 g/mol. The fourth-order valence-electron chi connectivity index (χ4n) is 9.54. The summed E-state index contributed by atoms with van der Waals surface area (Å²) in [5, 5.41) is 11.6. The summed E-state index contributed by atoms with van der Waals surface area (Å²) in [6, 6.07) is 19.2. The second-order valence-corrected chi connectivity index (χ2v) is 19.9. The molecule has 4 aromatic carbocycles. The molecule has 1 aromatic heterocycles. The molecule has 2 aliphatic heterocycles. The van der Waals surface area contributed by atoms with Crippen molar-refractivity contribution in [3.8, 4) is 23.0 Å². The minimum absolute atomic E-state index is 0.0324. The Hall–Kier alpha value is -9.01. The largest absolute Gasteiger partial charge is 0.481 e. The van der Waals surface area contributed by atoms with Crippen molar-refractivity contribution >= 4 is 58.9 Å². The number of hydrogen-bond acceptors (Lipinski definition) is 17. The average molecular weight is 1130 g/mol. The molecule has 2 atom stereocenters. The molecule has 8 rings (SSSR count). The van der Waals surface area contributed by atoms with E-state index in [-0.39, 0.29) is 97.9 Å². The second-order valence-electron chi connectivity index (χ2n) is 19.9. The molecule has 82 heavy (non-hydrogen) atoms. The molecule has 4 N–H and O–H groups in total. The quantitative estimate of drug-likeness (QED) is 0.0520. The highest BCUT2D eigenvalue weighted by atomic mass is 16.6. The number of pyridine rings is 1. The van der Waals surface area contributed by atoms with E-state index in [4.69, 9.17) is 37.9 Å². The van der Waals surface area contributed by atoms with Gasteiger partial charge < -0.3 is 59.2 Å². The summed E-state index contributed by atoms with van der Waals surface area (Å²) in [6.07, 6.45) is -0.130. The molecule has 0 saturated heterocycles. The third-order valence-corrected chi connectivity index (χ3v) is 13.1. The van der Waals surface area contributed by atoms with E-state index in [0.29, 0.717) is 44.5 Å². The van der Waals surface area contributed by atoms with Gasteiger partial charge in [0.1, 0.15) is 46.5 Å². The van der Waals surface area contributed by atoms with E-state index in [9.17, 15) is 38.4 Å². The van der Waals surface area contributed by atoms with E-state index in [1.54, 1.807) is 116 Å². The van der Waals surface area contributed by atoms with Crippen LogP contribution in [0.2, 0.25) is 0 Å². The number of carbonyl (C=O) groups is 8. The Morgan fingerprint density at radius 3 is 0.976 bits per heavy atom. The van der Waals surface area contributed by atoms with Crippen LogP contribution in [0, 0.1) is 11.8 Å². The Balaban J connectivity index is 1.58. The number of para-hydroxylation sites is 2. The van der Waals surface area contributed by atoms with Gasteiger partial charge in [0.2, 0.25) is 11.8 Å². The van der Waals surface area contributed by atoms with Gasteiger partial charge in [0.05, 0.1) is 26.4 Å². The Kier molecular flexibility index (Phi) is 21.0. The number of aromatic nitrogens is 1. The highest BCUT2D eigenvalue weighted by molar-refractivity contribution is 6.03. The molecule has 5 aromatic rings. The van der Waals surface area contributed by atoms with Crippen LogP contribution >= 0.6 is 0 Å². The lowest BCUT2D eigenvalue weighted by Gasteiger charge is -2.25. The van der Waals surface area contributed by atoms with E-state index in [1.807, 2.05) is 0 Å². The number of anilines is 2. The number of fused-ring (bicyclic) bond motifs is 8. The number of nitrogens with one attached hydrogen (secondary N) is 4. The molecule has 0 radical (unpaired) electrons. The average Bonchev–Trinajstić information content (AvgIpc) is 3.52. The predicted octanol–water partition coefficient (Wildman–Crippen LogP) is 6.63. The lowest BCUT2D eigenvalue weighted by molar-refractivity contribution is -0.146. The van der Waals surface area contributed by atoms with Crippen LogP contribution in [0.25, 0.3) is 0 Å². The number of benzene rings is 4. The fraction of sp³-hybridized carbons (Fsp3) is 0.393. The zero-order valence-electron chi connectivity index (χ0n) is 47.3. The molecule has 21 nitrogen and oxygen atoms in total. The molecule has 0 fully saturated rings. The highest BCUT2D eigenvalue weighted by Gasteiger charge is 2.31. The van der Waals surface area contributed by atoms with Crippen LogP contribution in [0.4, 0.5) is 11.4 Å². The van der Waals surface area contributed by atoms with Crippen molar-refractivity contribution in [2.75, 3.05) is 63.5 Å². The van der Waals surface area contributed by atoms with Gasteiger partial charge in [-0.05, 0) is 98.2 Å². The van der Waals surface area contributed by atoms with Gasteiger partial charge in [-0.15, -0.1) is 0 Å². The predicted molar refractivity (Wildman–Crippen MR) is 299 cm³/mol. The van der Waals surface area contributed by atoms with Crippen LogP contribution < -0.4 is 40.2 Å². The Morgan fingerprint density at radius 2 is 0.707 bits per heavy atom. The van der Waals surface area contributed by atoms with Gasteiger partial charge in [-0.1, -0.05) is 70.2 Å². The van der Waals surface area contributed by atoms with E-state index < -0.39 is 97.9 Å². The van der Waals surface area contributed by atoms with Gasteiger partial charge in [-0.3, -0.25) is 19.2 Å². The number of carbonyl (C=O) groups excluding carboxylic acids is 8. The van der Waals surface area contributed by atoms with Crippen molar-refractivity contribution in [1.82, 2.24) is 15.6 Å². The topological polar surface area (TPSA) is 271 Å². The molecule has 1 aliphatic carbocycles. The molecule has 12 bridgehead atoms. The van der Waals surface area contributed by atoms with E-state index >= 15 is 0 Å². The SMILES string of the molecule is CCOC(=O)COc1c2cccc1Cc1cc3cc(c1OCC(=O)OCC)Cc1cccc(c1OCC(=O)OCC)Cc1cc(cc(c1OCC(=O)OCC)C2)NC(=O)C(C(C)C)NC(=O)c1cccc(n1)C(=O)NC(C(C)C)C(=O)N3. The summed E-state index contributed by atoms with van der Waals surface area (Å²) in [6.45, 7) is 11.8. The van der Waals surface area contributed by atoms with Crippen molar-refractivity contribution in [3.05, 3.63) is 135 Å². The van der Waals surface area contributed by atoms with Gasteiger partial charge in [0, 0.05) is 59.3 Å². The molecule has 21 heteroatoms. The maximum Gasteiger partial charge on any atom is 0.344 e. The number of hydrogen-bond donors (Lipinski definition) is 4. The van der Waals surface area contributed by atoms with Crippen LogP contribution in [0.3, 0.4) is 0 Å². The zero-order chi connectivity index (χ0) is 59.0. The van der Waals surface area contributed by atoms with Crippen molar-refractivity contribution in [3.63, 3.8) is 0 Å². The zero-order valence-corrected chi connectivity index (χ0v) is 47.3. The molecule has 3 aliphatic rings. The molecule has 2 unspecified atom stereocenters. The fourth-order valence-corrected chi connectivity index (χ4v) is 9.54. The summed E-state index contributed by atoms with van der Waals surface area (Å²) < 4.78 is 47.1. The first-order valence-corrected chi connectivity index (χ1v) is 27.3. The smallest absolute Gasteiger partial charge is 0.344 e. The number of rotatable bonds is 18. The Morgan fingerprint density at radius 1 is 0.439 bits per heavy atom. The van der Waals surface area contributed by atoms with E-state index in [2.05, 4.69) is 26.3 Å². The number of esters is 4. The van der Waals surface area contributed by atoms with Gasteiger partial charge >= 0.3 is 23.9 Å². The summed E-state index contributed by atoms with van der Waals surface area (Å²) in [5.41, 5.74) is 3.77. The van der Waals surface area contributed by atoms with Gasteiger partial charge in [0.25, 0.3) is 11.8 Å². The molecule has 434 valence electrons. The van der Waals surface area contributed by atoms with Crippen molar-refractivity contribution in [2.24, 2.45) is 11.8 Å². The van der Waals surface area contributed by atoms with Crippen molar-refractivity contribution in [1.29, 1.82) is 0 Å². The minimum atomic E-state index is -1.17. The maximum absolute atomic E-state index is 14.7. The van der Waals surface area contributed by atoms with Crippen LogP contribution in [0.5, 0.6) is 23.0 Å². The first-order valence-electron chi connectivity index (χ1n) is 27.3. The maximum atomic E-state index is 14.7. The van der Waals surface area contributed by atoms with Gasteiger partial charge in [-0.25, -0.2) is 24.2 Å². The molecular weight excluding hydrogens is 1060 g/mol. The molecular formula is C61H69N5O16. The minimum Gasteiger partial charge on any atom is -0.481 e. The van der Waals surface area contributed by atoms with Crippen molar-refractivity contribution in [2.45, 2.75) is 93.2 Å². The number of nitrogens with zero attached hydrogens (tertiary/aromatic N) is 1. The van der Waals surface area contributed by atoms with Gasteiger partial charge in [0.15, 0.2) is 26.4 Å². The van der Waals surface area contributed by atoms with Crippen LogP contribution in [-0.2, 0) is 73.4 Å². The molecule has 0 saturated carbocycles. The second kappa shape index (κ2) is 28.4. The van der Waals surface area contributed by atoms with Crippen LogP contribution in [0.1, 0.15) is 121 Å². The third kappa shape index (κ3) is 15.7. The Labute approximate surface area is 475 Å². The molecule has 3 heterocycles. The first kappa shape index (κ1) is 60.6. The van der Waals surface area contributed by atoms with E-state index in [1.165, 1.54) is 18.2 Å². The summed E-state index contributed by atoms with van der Waals surface area (Å²) >= 11 is 0. The lowest BCUT2D eigenvalue weighted by atomic mass is 9.90. The lowest BCUT2D eigenvalue weighted by Crippen LogP contribution is -2.48. The Bertz CT molecular complexity index is 2910. The third-order valence-electron chi connectivity index (χ3n) is 13.1. The van der Waals surface area contributed by atoms with Crippen LogP contribution in [-0.4, -0.2) is 117 Å². The summed E-state index contributed by atoms with van der Waals surface area (Å²) in [4.78, 5) is 115. The number of ether oxygens (including phenoxy) is 8. The van der Waals surface area contributed by atoms with E-state index in [0.717, 1.165) is 0 Å². The summed E-state index contributed by atoms with van der Waals surface area (Å²) in [7, 11) is 0. The summed E-state index contributed by atoms with van der Waals surface area (Å²) in [5.74, 6) is -5.54.